The second kappa shape index (κ2) is 10.8. The third-order valence-corrected chi connectivity index (χ3v) is 7.76. The molecule has 6 nitrogen and oxygen atoms in total. The summed E-state index contributed by atoms with van der Waals surface area (Å²) < 4.78 is 5.21. The number of rotatable bonds is 8. The minimum absolute atomic E-state index is 0.0313. The Hall–Kier alpha value is -2.57. The quantitative estimate of drug-likeness (QED) is 0.584. The number of methoxy groups -OCH3 is 1. The van der Waals surface area contributed by atoms with Crippen LogP contribution < -0.4 is 15.0 Å². The van der Waals surface area contributed by atoms with Crippen molar-refractivity contribution in [3.05, 3.63) is 54.1 Å². The molecule has 4 rings (SSSR count). The monoisotopic (exact) mass is 465 g/mol. The number of carbonyl (C=O) groups excluding carboxylic acids is 1. The van der Waals surface area contributed by atoms with E-state index in [-0.39, 0.29) is 17.9 Å². The minimum atomic E-state index is -0.635. The van der Waals surface area contributed by atoms with Crippen molar-refractivity contribution in [3.8, 4) is 5.75 Å². The van der Waals surface area contributed by atoms with Gasteiger partial charge in [-0.1, -0.05) is 25.0 Å². The average molecular weight is 466 g/mol. The highest BCUT2D eigenvalue weighted by atomic mass is 16.5. The molecule has 1 aliphatic heterocycles. The third kappa shape index (κ3) is 5.23. The predicted octanol–water partition coefficient (Wildman–Crippen LogP) is 4.85. The van der Waals surface area contributed by atoms with Crippen molar-refractivity contribution in [2.24, 2.45) is 5.92 Å². The van der Waals surface area contributed by atoms with Crippen molar-refractivity contribution >= 4 is 17.3 Å². The first-order valence-corrected chi connectivity index (χ1v) is 12.7. The molecule has 34 heavy (non-hydrogen) atoms. The number of carbonyl (C=O) groups is 1. The highest BCUT2D eigenvalue weighted by Gasteiger charge is 2.49. The van der Waals surface area contributed by atoms with Crippen LogP contribution in [0.5, 0.6) is 5.75 Å². The van der Waals surface area contributed by atoms with Crippen molar-refractivity contribution in [2.45, 2.75) is 57.6 Å². The van der Waals surface area contributed by atoms with Gasteiger partial charge in [-0.25, -0.2) is 0 Å². The van der Waals surface area contributed by atoms with Crippen molar-refractivity contribution in [1.29, 1.82) is 0 Å². The van der Waals surface area contributed by atoms with Crippen LogP contribution in [0, 0.1) is 5.92 Å². The van der Waals surface area contributed by atoms with Gasteiger partial charge in [-0.2, -0.15) is 0 Å². The Labute approximate surface area is 203 Å². The van der Waals surface area contributed by atoms with Crippen LogP contribution in [-0.4, -0.2) is 54.8 Å². The van der Waals surface area contributed by atoms with Crippen LogP contribution in [-0.2, 0) is 4.79 Å². The lowest BCUT2D eigenvalue weighted by Gasteiger charge is -2.52. The normalized spacial score (nSPS) is 24.8. The SMILES string of the molecule is CCN(CC)c1ccc([C@@H]2[C@H]3CCCC[C@@]3(O)CCN2CC(=O)Nc2ccc(OC)cc2)cc1. The first-order chi connectivity index (χ1) is 16.5. The van der Waals surface area contributed by atoms with Crippen LogP contribution in [0.4, 0.5) is 11.4 Å². The zero-order valence-corrected chi connectivity index (χ0v) is 20.8. The molecule has 3 atom stereocenters. The fraction of sp³-hybridized carbons (Fsp3) is 0.536. The van der Waals surface area contributed by atoms with Gasteiger partial charge < -0.3 is 20.1 Å². The summed E-state index contributed by atoms with van der Waals surface area (Å²) in [6, 6.07) is 16.2. The van der Waals surface area contributed by atoms with Crippen molar-refractivity contribution in [1.82, 2.24) is 4.90 Å². The highest BCUT2D eigenvalue weighted by Crippen LogP contribution is 2.49. The second-order valence-corrected chi connectivity index (χ2v) is 9.66. The third-order valence-electron chi connectivity index (χ3n) is 7.76. The zero-order chi connectivity index (χ0) is 24.1. The summed E-state index contributed by atoms with van der Waals surface area (Å²) in [6.07, 6.45) is 4.79. The molecule has 0 aromatic heterocycles. The molecular formula is C28H39N3O3. The van der Waals surface area contributed by atoms with E-state index in [9.17, 15) is 9.90 Å². The highest BCUT2D eigenvalue weighted by molar-refractivity contribution is 5.92. The molecule has 0 spiro atoms. The van der Waals surface area contributed by atoms with E-state index in [0.717, 1.165) is 56.6 Å². The van der Waals surface area contributed by atoms with Gasteiger partial charge in [-0.05, 0) is 75.1 Å². The fourth-order valence-electron chi connectivity index (χ4n) is 5.89. The molecule has 0 bridgehead atoms. The van der Waals surface area contributed by atoms with Gasteiger partial charge in [0.2, 0.25) is 5.91 Å². The maximum absolute atomic E-state index is 13.0. The van der Waals surface area contributed by atoms with E-state index < -0.39 is 5.60 Å². The Bertz CT molecular complexity index is 942. The van der Waals surface area contributed by atoms with E-state index in [1.54, 1.807) is 7.11 Å². The first-order valence-electron chi connectivity index (χ1n) is 12.7. The predicted molar refractivity (Wildman–Crippen MR) is 137 cm³/mol. The Kier molecular flexibility index (Phi) is 7.79. The fourth-order valence-corrected chi connectivity index (χ4v) is 5.89. The number of ether oxygens (including phenoxy) is 1. The molecule has 2 aromatic carbocycles. The molecule has 2 aliphatic rings. The Morgan fingerprint density at radius 3 is 2.44 bits per heavy atom. The van der Waals surface area contributed by atoms with Gasteiger partial charge in [0.15, 0.2) is 0 Å². The lowest BCUT2D eigenvalue weighted by molar-refractivity contribution is -0.135. The first kappa shape index (κ1) is 24.6. The summed E-state index contributed by atoms with van der Waals surface area (Å²) >= 11 is 0. The van der Waals surface area contributed by atoms with E-state index >= 15 is 0 Å². The van der Waals surface area contributed by atoms with Gasteiger partial charge in [0.1, 0.15) is 5.75 Å². The molecule has 2 N–H and O–H groups in total. The number of nitrogens with zero attached hydrogens (tertiary/aromatic N) is 2. The number of anilines is 2. The maximum Gasteiger partial charge on any atom is 0.238 e. The number of amides is 1. The van der Waals surface area contributed by atoms with Crippen molar-refractivity contribution in [2.75, 3.05) is 43.5 Å². The molecule has 1 heterocycles. The Morgan fingerprint density at radius 1 is 1.09 bits per heavy atom. The van der Waals surface area contributed by atoms with Crippen LogP contribution in [0.1, 0.15) is 57.6 Å². The minimum Gasteiger partial charge on any atom is -0.497 e. The molecule has 184 valence electrons. The molecule has 0 radical (unpaired) electrons. The summed E-state index contributed by atoms with van der Waals surface area (Å²) in [6.45, 7) is 7.30. The Balaban J connectivity index is 1.55. The van der Waals surface area contributed by atoms with Crippen LogP contribution in [0.15, 0.2) is 48.5 Å². The largest absolute Gasteiger partial charge is 0.497 e. The molecule has 1 amide bonds. The number of likely N-dealkylation sites (tertiary alicyclic amines) is 1. The van der Waals surface area contributed by atoms with Crippen LogP contribution in [0.2, 0.25) is 0 Å². The molecule has 0 unspecified atom stereocenters. The average Bonchev–Trinajstić information content (AvgIpc) is 2.86. The molecule has 2 aromatic rings. The molecule has 1 saturated carbocycles. The number of hydrogen-bond donors (Lipinski definition) is 2. The molecule has 1 saturated heterocycles. The number of nitrogens with one attached hydrogen (secondary N) is 1. The standard InChI is InChI=1S/C28H39N3O3/c1-4-30(5-2)23-13-9-21(10-14-23)27-25-8-6-7-17-28(25,33)18-19-31(27)20-26(32)29-22-11-15-24(34-3)16-12-22/h9-16,25,27,33H,4-8,17-20H2,1-3H3,(H,29,32)/t25-,27-,28-/m1/s1. The zero-order valence-electron chi connectivity index (χ0n) is 20.8. The van der Waals surface area contributed by atoms with E-state index in [0.29, 0.717) is 13.1 Å². The molecule has 6 heteroatoms. The van der Waals surface area contributed by atoms with E-state index in [4.69, 9.17) is 4.74 Å². The lowest BCUT2D eigenvalue weighted by atomic mass is 9.66. The molecular weight excluding hydrogens is 426 g/mol. The smallest absolute Gasteiger partial charge is 0.238 e. The number of piperidine rings is 1. The molecule has 2 fully saturated rings. The maximum atomic E-state index is 13.0. The summed E-state index contributed by atoms with van der Waals surface area (Å²) in [5, 5.41) is 14.6. The number of aliphatic hydroxyl groups is 1. The second-order valence-electron chi connectivity index (χ2n) is 9.66. The summed E-state index contributed by atoms with van der Waals surface area (Å²) in [5.74, 6) is 0.873. The topological polar surface area (TPSA) is 65.0 Å². The summed E-state index contributed by atoms with van der Waals surface area (Å²) in [4.78, 5) is 17.6. The van der Waals surface area contributed by atoms with Gasteiger partial charge >= 0.3 is 0 Å². The van der Waals surface area contributed by atoms with Gasteiger partial charge in [0.05, 0.1) is 19.3 Å². The van der Waals surface area contributed by atoms with Crippen molar-refractivity contribution in [3.63, 3.8) is 0 Å². The van der Waals surface area contributed by atoms with Gasteiger partial charge in [-0.15, -0.1) is 0 Å². The van der Waals surface area contributed by atoms with E-state index in [2.05, 4.69) is 53.2 Å². The Morgan fingerprint density at radius 2 is 1.79 bits per heavy atom. The van der Waals surface area contributed by atoms with Gasteiger partial charge in [0, 0.05) is 43.0 Å². The van der Waals surface area contributed by atoms with Crippen LogP contribution >= 0.6 is 0 Å². The number of hydrogen-bond acceptors (Lipinski definition) is 5. The van der Waals surface area contributed by atoms with Crippen molar-refractivity contribution < 1.29 is 14.6 Å². The summed E-state index contributed by atoms with van der Waals surface area (Å²) in [5.41, 5.74) is 2.53. The van der Waals surface area contributed by atoms with E-state index in [1.807, 2.05) is 24.3 Å². The number of fused-ring (bicyclic) bond motifs is 1. The van der Waals surface area contributed by atoms with Gasteiger partial charge in [0.25, 0.3) is 0 Å². The van der Waals surface area contributed by atoms with E-state index in [1.165, 1.54) is 11.3 Å². The van der Waals surface area contributed by atoms with Gasteiger partial charge in [-0.3, -0.25) is 9.69 Å². The van der Waals surface area contributed by atoms with Crippen LogP contribution in [0.3, 0.4) is 0 Å². The lowest BCUT2D eigenvalue weighted by Crippen LogP contribution is -2.56. The number of benzene rings is 2. The molecule has 1 aliphatic carbocycles. The van der Waals surface area contributed by atoms with Crippen LogP contribution in [0.25, 0.3) is 0 Å². The summed E-state index contributed by atoms with van der Waals surface area (Å²) in [7, 11) is 1.63.